The Hall–Kier alpha value is -3.35. The van der Waals surface area contributed by atoms with Gasteiger partial charge in [0.1, 0.15) is 12.6 Å². The molecule has 0 aromatic heterocycles. The van der Waals surface area contributed by atoms with Crippen LogP contribution in [-0.2, 0) is 14.3 Å². The Kier molecular flexibility index (Phi) is 7.20. The highest BCUT2D eigenvalue weighted by Crippen LogP contribution is 2.44. The van der Waals surface area contributed by atoms with Gasteiger partial charge in [-0.25, -0.2) is 9.59 Å². The summed E-state index contributed by atoms with van der Waals surface area (Å²) in [5.41, 5.74) is 4.66. The third kappa shape index (κ3) is 4.93. The van der Waals surface area contributed by atoms with Gasteiger partial charge < -0.3 is 20.5 Å². The largest absolute Gasteiger partial charge is 0.480 e. The number of hydrogen-bond donors (Lipinski definition) is 3. The Balaban J connectivity index is 1.31. The summed E-state index contributed by atoms with van der Waals surface area (Å²) in [6.07, 6.45) is 1.86. The van der Waals surface area contributed by atoms with Crippen molar-refractivity contribution >= 4 is 18.0 Å². The molecule has 2 amide bonds. The van der Waals surface area contributed by atoms with E-state index in [0.29, 0.717) is 13.0 Å². The molecule has 3 N–H and O–H groups in total. The molecule has 1 saturated carbocycles. The molecule has 34 heavy (non-hydrogen) atoms. The van der Waals surface area contributed by atoms with Crippen LogP contribution in [0.4, 0.5) is 4.79 Å². The normalized spacial score (nSPS) is 19.9. The SMILES string of the molecule is CC(C)[C@H](NC(=O)[C@H]1CCC[C@H]1CNC(=O)OCC1c2ccccc2-c2ccccc21)C(=O)O. The minimum atomic E-state index is -1.03. The Morgan fingerprint density at radius 2 is 1.62 bits per heavy atom. The van der Waals surface area contributed by atoms with E-state index in [-0.39, 0.29) is 36.2 Å². The predicted molar refractivity (Wildman–Crippen MR) is 128 cm³/mol. The van der Waals surface area contributed by atoms with E-state index in [0.717, 1.165) is 24.0 Å². The number of carboxylic acids is 1. The topological polar surface area (TPSA) is 105 Å². The van der Waals surface area contributed by atoms with Gasteiger partial charge in [0.25, 0.3) is 0 Å². The zero-order valence-corrected chi connectivity index (χ0v) is 19.6. The molecule has 0 radical (unpaired) electrons. The first-order chi connectivity index (χ1) is 16.4. The maximum atomic E-state index is 12.7. The molecule has 2 aromatic rings. The summed E-state index contributed by atoms with van der Waals surface area (Å²) >= 11 is 0. The molecule has 2 aliphatic carbocycles. The van der Waals surface area contributed by atoms with Crippen molar-refractivity contribution in [2.75, 3.05) is 13.2 Å². The fraction of sp³-hybridized carbons (Fsp3) is 0.444. The van der Waals surface area contributed by atoms with Gasteiger partial charge in [-0.15, -0.1) is 0 Å². The Bertz CT molecular complexity index is 1020. The highest BCUT2D eigenvalue weighted by Gasteiger charge is 2.36. The molecular formula is C27H32N2O5. The van der Waals surface area contributed by atoms with Gasteiger partial charge in [-0.1, -0.05) is 68.8 Å². The van der Waals surface area contributed by atoms with E-state index in [4.69, 9.17) is 4.74 Å². The number of rotatable bonds is 8. The van der Waals surface area contributed by atoms with Crippen LogP contribution in [0.25, 0.3) is 11.1 Å². The fourth-order valence-electron chi connectivity index (χ4n) is 5.26. The van der Waals surface area contributed by atoms with E-state index in [9.17, 15) is 19.5 Å². The highest BCUT2D eigenvalue weighted by atomic mass is 16.5. The smallest absolute Gasteiger partial charge is 0.407 e. The molecule has 0 saturated heterocycles. The molecule has 0 bridgehead atoms. The Morgan fingerprint density at radius 3 is 2.21 bits per heavy atom. The Labute approximate surface area is 199 Å². The molecule has 3 atom stereocenters. The number of aliphatic carboxylic acids is 1. The second kappa shape index (κ2) is 10.3. The standard InChI is InChI=1S/C27H32N2O5/c1-16(2)24(26(31)32)29-25(30)18-13-7-8-17(18)14-28-27(33)34-15-23-21-11-5-3-9-19(21)20-10-4-6-12-22(20)23/h3-6,9-12,16-18,23-24H,7-8,13-15H2,1-2H3,(H,28,33)(H,29,30)(H,31,32)/t17-,18-,24-/m0/s1. The summed E-state index contributed by atoms with van der Waals surface area (Å²) in [5.74, 6) is -1.85. The lowest BCUT2D eigenvalue weighted by Gasteiger charge is -2.24. The minimum Gasteiger partial charge on any atom is -0.480 e. The van der Waals surface area contributed by atoms with Crippen LogP contribution < -0.4 is 10.6 Å². The van der Waals surface area contributed by atoms with Crippen molar-refractivity contribution in [1.82, 2.24) is 10.6 Å². The quantitative estimate of drug-likeness (QED) is 0.544. The summed E-state index contributed by atoms with van der Waals surface area (Å²) in [6.45, 7) is 4.10. The molecule has 2 aliphatic rings. The van der Waals surface area contributed by atoms with Crippen molar-refractivity contribution in [3.05, 3.63) is 59.7 Å². The molecular weight excluding hydrogens is 432 g/mol. The predicted octanol–water partition coefficient (Wildman–Crippen LogP) is 4.17. The van der Waals surface area contributed by atoms with Crippen LogP contribution in [-0.4, -0.2) is 42.3 Å². The summed E-state index contributed by atoms with van der Waals surface area (Å²) in [4.78, 5) is 36.7. The van der Waals surface area contributed by atoms with Gasteiger partial charge in [-0.3, -0.25) is 4.79 Å². The van der Waals surface area contributed by atoms with E-state index >= 15 is 0 Å². The molecule has 180 valence electrons. The second-order valence-corrected chi connectivity index (χ2v) is 9.57. The number of carboxylic acid groups (broad SMARTS) is 1. The average Bonchev–Trinajstić information content (AvgIpc) is 3.42. The number of carbonyl (C=O) groups is 3. The molecule has 0 spiro atoms. The number of nitrogens with one attached hydrogen (secondary N) is 2. The number of alkyl carbamates (subject to hydrolysis) is 1. The number of hydrogen-bond acceptors (Lipinski definition) is 4. The van der Waals surface area contributed by atoms with Crippen LogP contribution in [0.5, 0.6) is 0 Å². The van der Waals surface area contributed by atoms with Gasteiger partial charge in [0, 0.05) is 18.4 Å². The summed E-state index contributed by atoms with van der Waals surface area (Å²) in [5, 5.41) is 14.9. The van der Waals surface area contributed by atoms with Gasteiger partial charge in [0.2, 0.25) is 5.91 Å². The number of benzene rings is 2. The third-order valence-corrected chi connectivity index (χ3v) is 7.08. The van der Waals surface area contributed by atoms with Crippen LogP contribution in [0.3, 0.4) is 0 Å². The van der Waals surface area contributed by atoms with Gasteiger partial charge in [-0.2, -0.15) is 0 Å². The first-order valence-corrected chi connectivity index (χ1v) is 12.0. The van der Waals surface area contributed by atoms with Crippen molar-refractivity contribution in [1.29, 1.82) is 0 Å². The lowest BCUT2D eigenvalue weighted by atomic mass is 9.94. The van der Waals surface area contributed by atoms with E-state index in [1.54, 1.807) is 13.8 Å². The van der Waals surface area contributed by atoms with Crippen molar-refractivity contribution in [3.63, 3.8) is 0 Å². The van der Waals surface area contributed by atoms with Crippen LogP contribution >= 0.6 is 0 Å². The van der Waals surface area contributed by atoms with Gasteiger partial charge in [-0.05, 0) is 46.9 Å². The summed E-state index contributed by atoms with van der Waals surface area (Å²) in [6, 6.07) is 15.4. The van der Waals surface area contributed by atoms with Gasteiger partial charge in [0.05, 0.1) is 0 Å². The monoisotopic (exact) mass is 464 g/mol. The molecule has 0 unspecified atom stereocenters. The van der Waals surface area contributed by atoms with E-state index in [1.807, 2.05) is 24.3 Å². The van der Waals surface area contributed by atoms with E-state index in [2.05, 4.69) is 34.9 Å². The van der Waals surface area contributed by atoms with Crippen LogP contribution in [0.1, 0.15) is 50.2 Å². The van der Waals surface area contributed by atoms with Crippen molar-refractivity contribution < 1.29 is 24.2 Å². The molecule has 0 heterocycles. The van der Waals surface area contributed by atoms with E-state index in [1.165, 1.54) is 11.1 Å². The van der Waals surface area contributed by atoms with Crippen LogP contribution in [0.2, 0.25) is 0 Å². The molecule has 2 aromatic carbocycles. The first kappa shape index (κ1) is 23.8. The minimum absolute atomic E-state index is 0.00728. The second-order valence-electron chi connectivity index (χ2n) is 9.57. The van der Waals surface area contributed by atoms with Crippen molar-refractivity contribution in [2.24, 2.45) is 17.8 Å². The summed E-state index contributed by atoms with van der Waals surface area (Å²) < 4.78 is 5.59. The molecule has 0 aliphatic heterocycles. The highest BCUT2D eigenvalue weighted by molar-refractivity contribution is 5.85. The van der Waals surface area contributed by atoms with Crippen LogP contribution in [0, 0.1) is 17.8 Å². The summed E-state index contributed by atoms with van der Waals surface area (Å²) in [7, 11) is 0. The lowest BCUT2D eigenvalue weighted by molar-refractivity contribution is -0.144. The fourth-order valence-corrected chi connectivity index (χ4v) is 5.26. The van der Waals surface area contributed by atoms with Crippen molar-refractivity contribution in [2.45, 2.75) is 45.1 Å². The number of fused-ring (bicyclic) bond motifs is 3. The maximum absolute atomic E-state index is 12.7. The zero-order chi connectivity index (χ0) is 24.2. The number of amides is 2. The third-order valence-electron chi connectivity index (χ3n) is 7.08. The van der Waals surface area contributed by atoms with Gasteiger partial charge in [0.15, 0.2) is 0 Å². The van der Waals surface area contributed by atoms with Gasteiger partial charge >= 0.3 is 12.1 Å². The maximum Gasteiger partial charge on any atom is 0.407 e. The van der Waals surface area contributed by atoms with E-state index < -0.39 is 18.1 Å². The number of ether oxygens (including phenoxy) is 1. The lowest BCUT2D eigenvalue weighted by Crippen LogP contribution is -2.48. The molecule has 1 fully saturated rings. The number of carbonyl (C=O) groups excluding carboxylic acids is 2. The zero-order valence-electron chi connectivity index (χ0n) is 19.6. The first-order valence-electron chi connectivity index (χ1n) is 12.0. The molecule has 4 rings (SSSR count). The molecule has 7 heteroatoms. The molecule has 7 nitrogen and oxygen atoms in total. The Morgan fingerprint density at radius 1 is 1.00 bits per heavy atom. The van der Waals surface area contributed by atoms with Crippen LogP contribution in [0.15, 0.2) is 48.5 Å². The van der Waals surface area contributed by atoms with Crippen molar-refractivity contribution in [3.8, 4) is 11.1 Å². The average molecular weight is 465 g/mol.